The maximum absolute atomic E-state index is 5.85. The second-order valence-corrected chi connectivity index (χ2v) is 4.83. The molecule has 1 aromatic heterocycles. The highest BCUT2D eigenvalue weighted by atomic mass is 16.5. The first-order valence-electron chi connectivity index (χ1n) is 6.56. The van der Waals surface area contributed by atoms with Gasteiger partial charge in [0.1, 0.15) is 5.75 Å². The van der Waals surface area contributed by atoms with Gasteiger partial charge in [0.2, 0.25) is 0 Å². The van der Waals surface area contributed by atoms with Crippen LogP contribution in [0.2, 0.25) is 0 Å². The molecule has 0 atom stereocenters. The van der Waals surface area contributed by atoms with Crippen LogP contribution in [0.25, 0.3) is 11.4 Å². The van der Waals surface area contributed by atoms with Crippen molar-refractivity contribution in [1.82, 2.24) is 9.97 Å². The Bertz CT molecular complexity index is 610. The smallest absolute Gasteiger partial charge is 0.163 e. The molecule has 0 unspecified atom stereocenters. The third kappa shape index (κ3) is 2.26. The first-order valence-corrected chi connectivity index (χ1v) is 6.56. The fourth-order valence-corrected chi connectivity index (χ4v) is 2.51. The number of fused-ring (bicyclic) bond motifs is 1. The molecule has 0 saturated heterocycles. The molecule has 1 aromatic carbocycles. The van der Waals surface area contributed by atoms with Gasteiger partial charge in [-0.3, -0.25) is 0 Å². The van der Waals surface area contributed by atoms with E-state index in [2.05, 4.69) is 9.97 Å². The molecule has 98 valence electrons. The SMILES string of the molecule is COc1ccc(N)cc1-c1ncc2c(n1)CCCC2. The predicted molar refractivity (Wildman–Crippen MR) is 75.1 cm³/mol. The normalized spacial score (nSPS) is 13.9. The van der Waals surface area contributed by atoms with Gasteiger partial charge in [0.15, 0.2) is 5.82 Å². The van der Waals surface area contributed by atoms with Gasteiger partial charge in [-0.2, -0.15) is 0 Å². The quantitative estimate of drug-likeness (QED) is 0.838. The van der Waals surface area contributed by atoms with Gasteiger partial charge in [0.25, 0.3) is 0 Å². The number of hydrogen-bond acceptors (Lipinski definition) is 4. The van der Waals surface area contributed by atoms with E-state index in [1.165, 1.54) is 24.1 Å². The molecule has 0 aliphatic heterocycles. The number of nitrogen functional groups attached to an aromatic ring is 1. The van der Waals surface area contributed by atoms with Gasteiger partial charge in [-0.15, -0.1) is 0 Å². The summed E-state index contributed by atoms with van der Waals surface area (Å²) >= 11 is 0. The van der Waals surface area contributed by atoms with Gasteiger partial charge >= 0.3 is 0 Å². The number of anilines is 1. The van der Waals surface area contributed by atoms with E-state index >= 15 is 0 Å². The minimum Gasteiger partial charge on any atom is -0.496 e. The Morgan fingerprint density at radius 1 is 1.21 bits per heavy atom. The van der Waals surface area contributed by atoms with Crippen LogP contribution in [0.1, 0.15) is 24.1 Å². The van der Waals surface area contributed by atoms with Crippen LogP contribution in [0.3, 0.4) is 0 Å². The van der Waals surface area contributed by atoms with Crippen LogP contribution >= 0.6 is 0 Å². The Balaban J connectivity index is 2.09. The van der Waals surface area contributed by atoms with Crippen LogP contribution in [0.15, 0.2) is 24.4 Å². The Morgan fingerprint density at radius 2 is 2.05 bits per heavy atom. The minimum atomic E-state index is 0.692. The van der Waals surface area contributed by atoms with Crippen LogP contribution in [0, 0.1) is 0 Å². The lowest BCUT2D eigenvalue weighted by Gasteiger charge is -2.15. The lowest BCUT2D eigenvalue weighted by Crippen LogP contribution is -2.07. The molecule has 0 amide bonds. The van der Waals surface area contributed by atoms with E-state index in [1.54, 1.807) is 7.11 Å². The average Bonchev–Trinajstić information content (AvgIpc) is 2.46. The number of ether oxygens (including phenoxy) is 1. The van der Waals surface area contributed by atoms with E-state index in [1.807, 2.05) is 24.4 Å². The van der Waals surface area contributed by atoms with Gasteiger partial charge in [-0.25, -0.2) is 9.97 Å². The van der Waals surface area contributed by atoms with E-state index in [0.29, 0.717) is 11.5 Å². The Morgan fingerprint density at radius 3 is 2.89 bits per heavy atom. The fourth-order valence-electron chi connectivity index (χ4n) is 2.51. The van der Waals surface area contributed by atoms with Crippen LogP contribution < -0.4 is 10.5 Å². The molecule has 1 heterocycles. The first kappa shape index (κ1) is 12.0. The molecular weight excluding hydrogens is 238 g/mol. The molecule has 3 rings (SSSR count). The van der Waals surface area contributed by atoms with Crippen molar-refractivity contribution >= 4 is 5.69 Å². The van der Waals surface area contributed by atoms with Crippen molar-refractivity contribution in [2.24, 2.45) is 0 Å². The predicted octanol–water partition coefficient (Wildman–Crippen LogP) is 2.61. The summed E-state index contributed by atoms with van der Waals surface area (Å²) in [6, 6.07) is 5.54. The number of nitrogens with two attached hydrogens (primary N) is 1. The monoisotopic (exact) mass is 255 g/mol. The van der Waals surface area contributed by atoms with Crippen LogP contribution in [0.5, 0.6) is 5.75 Å². The lowest BCUT2D eigenvalue weighted by atomic mass is 9.97. The first-order chi connectivity index (χ1) is 9.28. The zero-order chi connectivity index (χ0) is 13.2. The van der Waals surface area contributed by atoms with Gasteiger partial charge in [0.05, 0.1) is 12.7 Å². The molecule has 0 saturated carbocycles. The summed E-state index contributed by atoms with van der Waals surface area (Å²) in [7, 11) is 1.65. The van der Waals surface area contributed by atoms with E-state index in [0.717, 1.165) is 24.2 Å². The molecule has 4 heteroatoms. The molecule has 1 aliphatic rings. The van der Waals surface area contributed by atoms with Crippen molar-refractivity contribution in [3.05, 3.63) is 35.7 Å². The highest BCUT2D eigenvalue weighted by Crippen LogP contribution is 2.30. The summed E-state index contributed by atoms with van der Waals surface area (Å²) in [5.74, 6) is 1.45. The number of methoxy groups -OCH3 is 1. The van der Waals surface area contributed by atoms with Crippen LogP contribution in [-0.2, 0) is 12.8 Å². The summed E-state index contributed by atoms with van der Waals surface area (Å²) in [5.41, 5.74) is 9.84. The molecule has 1 aliphatic carbocycles. The van der Waals surface area contributed by atoms with Crippen molar-refractivity contribution in [2.45, 2.75) is 25.7 Å². The topological polar surface area (TPSA) is 61.0 Å². The average molecular weight is 255 g/mol. The maximum atomic E-state index is 5.85. The second-order valence-electron chi connectivity index (χ2n) is 4.83. The van der Waals surface area contributed by atoms with Crippen molar-refractivity contribution in [3.8, 4) is 17.1 Å². The lowest BCUT2D eigenvalue weighted by molar-refractivity contribution is 0.416. The number of rotatable bonds is 2. The highest BCUT2D eigenvalue weighted by Gasteiger charge is 2.15. The Labute approximate surface area is 112 Å². The molecule has 4 nitrogen and oxygen atoms in total. The third-order valence-corrected chi connectivity index (χ3v) is 3.53. The fraction of sp³-hybridized carbons (Fsp3) is 0.333. The highest BCUT2D eigenvalue weighted by molar-refractivity contribution is 5.69. The number of benzene rings is 1. The molecular formula is C15H17N3O. The summed E-state index contributed by atoms with van der Waals surface area (Å²) < 4.78 is 5.36. The van der Waals surface area contributed by atoms with Gasteiger partial charge < -0.3 is 10.5 Å². The molecule has 0 spiro atoms. The van der Waals surface area contributed by atoms with Crippen molar-refractivity contribution in [2.75, 3.05) is 12.8 Å². The van der Waals surface area contributed by atoms with E-state index in [-0.39, 0.29) is 0 Å². The maximum Gasteiger partial charge on any atom is 0.163 e. The van der Waals surface area contributed by atoms with Crippen molar-refractivity contribution in [3.63, 3.8) is 0 Å². The van der Waals surface area contributed by atoms with Crippen LogP contribution in [-0.4, -0.2) is 17.1 Å². The molecule has 0 fully saturated rings. The van der Waals surface area contributed by atoms with E-state index < -0.39 is 0 Å². The van der Waals surface area contributed by atoms with Gasteiger partial charge in [0, 0.05) is 17.6 Å². The minimum absolute atomic E-state index is 0.692. The molecule has 19 heavy (non-hydrogen) atoms. The summed E-state index contributed by atoms with van der Waals surface area (Å²) in [6.45, 7) is 0. The van der Waals surface area contributed by atoms with E-state index in [9.17, 15) is 0 Å². The van der Waals surface area contributed by atoms with Gasteiger partial charge in [-0.05, 0) is 49.4 Å². The summed E-state index contributed by atoms with van der Waals surface area (Å²) in [4.78, 5) is 9.15. The second kappa shape index (κ2) is 4.88. The number of aromatic nitrogens is 2. The Kier molecular flexibility index (Phi) is 3.07. The third-order valence-electron chi connectivity index (χ3n) is 3.53. The van der Waals surface area contributed by atoms with Crippen molar-refractivity contribution < 1.29 is 4.74 Å². The summed E-state index contributed by atoms with van der Waals surface area (Å²) in [5, 5.41) is 0. The van der Waals surface area contributed by atoms with E-state index in [4.69, 9.17) is 10.5 Å². The molecule has 2 aromatic rings. The Hall–Kier alpha value is -2.10. The summed E-state index contributed by atoms with van der Waals surface area (Å²) in [6.07, 6.45) is 6.51. The molecule has 0 radical (unpaired) electrons. The van der Waals surface area contributed by atoms with Crippen LogP contribution in [0.4, 0.5) is 5.69 Å². The van der Waals surface area contributed by atoms with Gasteiger partial charge in [-0.1, -0.05) is 0 Å². The largest absolute Gasteiger partial charge is 0.496 e. The standard InChI is InChI=1S/C15H17N3O/c1-19-14-7-6-11(16)8-12(14)15-17-9-10-4-2-3-5-13(10)18-15/h6-9H,2-5,16H2,1H3. The molecule has 0 bridgehead atoms. The number of aryl methyl sites for hydroxylation is 2. The number of hydrogen-bond donors (Lipinski definition) is 1. The zero-order valence-corrected chi connectivity index (χ0v) is 11.0. The van der Waals surface area contributed by atoms with Crippen molar-refractivity contribution in [1.29, 1.82) is 0 Å². The zero-order valence-electron chi connectivity index (χ0n) is 11.0. The number of nitrogens with zero attached hydrogens (tertiary/aromatic N) is 2. The molecule has 2 N–H and O–H groups in total.